The number of carbonyl (C=O) groups excluding carboxylic acids is 2. The molecule has 37 heavy (non-hydrogen) atoms. The molecule has 2 heterocycles. The van der Waals surface area contributed by atoms with Crippen molar-refractivity contribution in [2.75, 3.05) is 14.1 Å². The molecule has 1 aliphatic carbocycles. The zero-order chi connectivity index (χ0) is 26.7. The zero-order valence-electron chi connectivity index (χ0n) is 21.5. The van der Waals surface area contributed by atoms with E-state index in [2.05, 4.69) is 16.0 Å². The Bertz CT molecular complexity index is 936. The van der Waals surface area contributed by atoms with Gasteiger partial charge in [0.2, 0.25) is 18.0 Å². The van der Waals surface area contributed by atoms with Gasteiger partial charge in [0.1, 0.15) is 24.1 Å². The molecule has 3 fully saturated rings. The summed E-state index contributed by atoms with van der Waals surface area (Å²) in [5.41, 5.74) is 0.938. The predicted octanol–water partition coefficient (Wildman–Crippen LogP) is -1.03. The van der Waals surface area contributed by atoms with E-state index in [-0.39, 0.29) is 37.1 Å². The molecule has 11 heteroatoms. The van der Waals surface area contributed by atoms with Gasteiger partial charge in [0, 0.05) is 19.3 Å². The summed E-state index contributed by atoms with van der Waals surface area (Å²) >= 11 is 0. The molecule has 0 radical (unpaired) electrons. The number of fused-ring (bicyclic) bond motifs is 2. The van der Waals surface area contributed by atoms with Crippen LogP contribution in [0.2, 0.25) is 0 Å². The highest BCUT2D eigenvalue weighted by molar-refractivity contribution is 5.82. The molecule has 1 aromatic rings. The van der Waals surface area contributed by atoms with Crippen LogP contribution in [0, 0.1) is 0 Å². The molecule has 1 aromatic carbocycles. The van der Waals surface area contributed by atoms with E-state index >= 15 is 0 Å². The van der Waals surface area contributed by atoms with Crippen molar-refractivity contribution in [3.05, 3.63) is 35.9 Å². The Morgan fingerprint density at radius 1 is 1.00 bits per heavy atom. The third kappa shape index (κ3) is 5.89. The number of rotatable bonds is 9. The van der Waals surface area contributed by atoms with Gasteiger partial charge in [0.05, 0.1) is 30.3 Å². The van der Waals surface area contributed by atoms with E-state index < -0.39 is 54.6 Å². The Morgan fingerprint density at radius 3 is 2.38 bits per heavy atom. The number of nitrogens with one attached hydrogen (secondary N) is 3. The molecule has 1 amide bonds. The smallest absolute Gasteiger partial charge is 0.239 e. The van der Waals surface area contributed by atoms with Crippen LogP contribution in [-0.4, -0.2) is 102 Å². The first-order valence-corrected chi connectivity index (χ1v) is 12.9. The molecular weight excluding hydrogens is 482 g/mol. The summed E-state index contributed by atoms with van der Waals surface area (Å²) < 4.78 is 18.0. The lowest BCUT2D eigenvalue weighted by Gasteiger charge is -2.58. The lowest BCUT2D eigenvalue weighted by atomic mass is 9.79. The fourth-order valence-electron chi connectivity index (χ4n) is 5.64. The summed E-state index contributed by atoms with van der Waals surface area (Å²) in [5.74, 6) is -2.30. The Balaban J connectivity index is 1.39. The number of ether oxygens (including phenoxy) is 3. The van der Waals surface area contributed by atoms with E-state index in [0.29, 0.717) is 12.8 Å². The number of aliphatic hydroxyl groups excluding tert-OH is 2. The summed E-state index contributed by atoms with van der Waals surface area (Å²) in [6.07, 6.45) is -4.21. The van der Waals surface area contributed by atoms with Crippen molar-refractivity contribution in [2.45, 2.75) is 99.8 Å². The average Bonchev–Trinajstić information content (AvgIpc) is 2.85. The van der Waals surface area contributed by atoms with E-state index in [1.807, 2.05) is 30.3 Å². The van der Waals surface area contributed by atoms with Gasteiger partial charge in [-0.2, -0.15) is 0 Å². The van der Waals surface area contributed by atoms with Crippen LogP contribution in [-0.2, 0) is 30.2 Å². The highest BCUT2D eigenvalue weighted by atomic mass is 16.8. The van der Waals surface area contributed by atoms with E-state index in [4.69, 9.17) is 14.2 Å². The standard InChI is InChI=1S/C26H39N3O8/c1-14-12-17(29-18(31)11-7-10-16(30)13-15-8-5-4-6-9-15)26(34)25(35-14)36-24-22(33)19(27-2)21(32)20(28-3)23(24)37-26/h4-6,8-9,14,17,19-25,27-28,32-34H,7,10-13H2,1-3H3,(H,29,31)/t14-,17-,19-,20+,21+,22-,23?,24?,25?,26+/m1/s1. The first kappa shape index (κ1) is 28.1. The van der Waals surface area contributed by atoms with Gasteiger partial charge < -0.3 is 45.5 Å². The van der Waals surface area contributed by atoms with Crippen LogP contribution in [0.1, 0.15) is 38.2 Å². The molecule has 0 spiro atoms. The SMILES string of the molecule is CN[C@@H]1[C@H](O)[C@H](NC)C2O[C@]3(O)C(OC2[C@@H]1O)O[C@H](C)C[C@H]3NC(=O)CCCC(=O)Cc1ccccc1. The maximum Gasteiger partial charge on any atom is 0.239 e. The van der Waals surface area contributed by atoms with Gasteiger partial charge in [0.15, 0.2) is 0 Å². The molecule has 1 saturated carbocycles. The summed E-state index contributed by atoms with van der Waals surface area (Å²) in [6.45, 7) is 1.80. The Labute approximate surface area is 216 Å². The highest BCUT2D eigenvalue weighted by Gasteiger charge is 2.63. The van der Waals surface area contributed by atoms with E-state index in [1.54, 1.807) is 21.0 Å². The number of amides is 1. The normalized spacial score (nSPS) is 39.4. The zero-order valence-corrected chi connectivity index (χ0v) is 21.5. The van der Waals surface area contributed by atoms with Gasteiger partial charge in [-0.05, 0) is 39.4 Å². The molecule has 3 unspecified atom stereocenters. The van der Waals surface area contributed by atoms with Gasteiger partial charge in [-0.25, -0.2) is 0 Å². The van der Waals surface area contributed by atoms with Crippen molar-refractivity contribution in [3.8, 4) is 0 Å². The van der Waals surface area contributed by atoms with Crippen molar-refractivity contribution in [2.24, 2.45) is 0 Å². The summed E-state index contributed by atoms with van der Waals surface area (Å²) in [4.78, 5) is 25.1. The van der Waals surface area contributed by atoms with Gasteiger partial charge in [0.25, 0.3) is 0 Å². The van der Waals surface area contributed by atoms with E-state index in [0.717, 1.165) is 5.56 Å². The van der Waals surface area contributed by atoms with Crippen LogP contribution in [0.15, 0.2) is 30.3 Å². The number of ketones is 1. The molecule has 6 N–H and O–H groups in total. The number of carbonyl (C=O) groups is 2. The molecule has 2 aliphatic heterocycles. The van der Waals surface area contributed by atoms with Crippen molar-refractivity contribution >= 4 is 11.7 Å². The second-order valence-corrected chi connectivity index (χ2v) is 10.2. The lowest BCUT2D eigenvalue weighted by molar-refractivity contribution is -0.449. The maximum atomic E-state index is 12.8. The minimum Gasteiger partial charge on any atom is -0.390 e. The molecule has 206 valence electrons. The lowest BCUT2D eigenvalue weighted by Crippen LogP contribution is -2.79. The molecule has 11 nitrogen and oxygen atoms in total. The van der Waals surface area contributed by atoms with E-state index in [1.165, 1.54) is 0 Å². The highest BCUT2D eigenvalue weighted by Crippen LogP contribution is 2.42. The molecule has 0 aromatic heterocycles. The van der Waals surface area contributed by atoms with Gasteiger partial charge in [-0.15, -0.1) is 0 Å². The first-order chi connectivity index (χ1) is 17.7. The molecular formula is C26H39N3O8. The Kier molecular flexibility index (Phi) is 8.97. The fraction of sp³-hybridized carbons (Fsp3) is 0.692. The maximum absolute atomic E-state index is 12.8. The summed E-state index contributed by atoms with van der Waals surface area (Å²) in [7, 11) is 3.27. The van der Waals surface area contributed by atoms with Crippen molar-refractivity contribution in [1.29, 1.82) is 0 Å². The van der Waals surface area contributed by atoms with Crippen LogP contribution in [0.4, 0.5) is 0 Å². The Hall–Kier alpha value is -1.96. The summed E-state index contributed by atoms with van der Waals surface area (Å²) in [5, 5.41) is 42.0. The first-order valence-electron chi connectivity index (χ1n) is 12.9. The Morgan fingerprint density at radius 2 is 1.70 bits per heavy atom. The number of hydrogen-bond acceptors (Lipinski definition) is 10. The number of Topliss-reactive ketones (excluding diaryl/α,β-unsaturated/α-hetero) is 1. The van der Waals surface area contributed by atoms with Crippen molar-refractivity contribution < 1.29 is 39.1 Å². The van der Waals surface area contributed by atoms with Crippen molar-refractivity contribution in [3.63, 3.8) is 0 Å². The minimum absolute atomic E-state index is 0.0554. The monoisotopic (exact) mass is 521 g/mol. The van der Waals surface area contributed by atoms with Crippen LogP contribution in [0.3, 0.4) is 0 Å². The third-order valence-electron chi connectivity index (χ3n) is 7.59. The summed E-state index contributed by atoms with van der Waals surface area (Å²) in [6, 6.07) is 7.24. The van der Waals surface area contributed by atoms with Crippen molar-refractivity contribution in [1.82, 2.24) is 16.0 Å². The number of hydrogen-bond donors (Lipinski definition) is 6. The molecule has 3 aliphatic rings. The molecule has 10 atom stereocenters. The van der Waals surface area contributed by atoms with Gasteiger partial charge in [-0.1, -0.05) is 30.3 Å². The molecule has 2 saturated heterocycles. The second kappa shape index (κ2) is 11.8. The van der Waals surface area contributed by atoms with Crippen LogP contribution >= 0.6 is 0 Å². The third-order valence-corrected chi connectivity index (χ3v) is 7.59. The number of likely N-dealkylation sites (N-methyl/N-ethyl adjacent to an activating group) is 2. The van der Waals surface area contributed by atoms with Gasteiger partial charge in [-0.3, -0.25) is 9.59 Å². The van der Waals surface area contributed by atoms with Crippen LogP contribution in [0.25, 0.3) is 0 Å². The number of aliphatic hydroxyl groups is 3. The topological polar surface area (TPSA) is 159 Å². The van der Waals surface area contributed by atoms with Crippen LogP contribution in [0.5, 0.6) is 0 Å². The van der Waals surface area contributed by atoms with Gasteiger partial charge >= 0.3 is 0 Å². The fourth-order valence-corrected chi connectivity index (χ4v) is 5.64. The second-order valence-electron chi connectivity index (χ2n) is 10.2. The van der Waals surface area contributed by atoms with Crippen LogP contribution < -0.4 is 16.0 Å². The largest absolute Gasteiger partial charge is 0.390 e. The average molecular weight is 522 g/mol. The quantitative estimate of drug-likeness (QED) is 0.237. The minimum atomic E-state index is -2.03. The van der Waals surface area contributed by atoms with E-state index in [9.17, 15) is 24.9 Å². The number of benzene rings is 1. The predicted molar refractivity (Wildman–Crippen MR) is 132 cm³/mol. The molecule has 0 bridgehead atoms. The molecule has 4 rings (SSSR count).